The maximum absolute atomic E-state index is 12.9. The summed E-state index contributed by atoms with van der Waals surface area (Å²) in [4.78, 5) is 20.1. The van der Waals surface area contributed by atoms with Crippen LogP contribution in [0.2, 0.25) is 0 Å². The van der Waals surface area contributed by atoms with E-state index in [0.29, 0.717) is 0 Å². The molecule has 1 N–H and O–H groups in total. The Hall–Kier alpha value is -1.63. The van der Waals surface area contributed by atoms with Crippen molar-refractivity contribution in [1.29, 1.82) is 0 Å². The van der Waals surface area contributed by atoms with Gasteiger partial charge in [0.15, 0.2) is 0 Å². The lowest BCUT2D eigenvalue weighted by Gasteiger charge is -2.01. The van der Waals surface area contributed by atoms with Crippen molar-refractivity contribution < 1.29 is 14.1 Å². The van der Waals surface area contributed by atoms with Gasteiger partial charge in [-0.2, -0.15) is 0 Å². The Morgan fingerprint density at radius 2 is 2.21 bits per heavy atom. The Balaban J connectivity index is 3.08. The topological polar surface area (TPSA) is 72.2 Å². The molecule has 5 nitrogen and oxygen atoms in total. The highest BCUT2D eigenvalue weighted by molar-refractivity contribution is 7.96. The second-order valence-electron chi connectivity index (χ2n) is 2.35. The molecule has 0 atom stereocenters. The molecule has 0 spiro atoms. The number of non-ortho nitro benzene ring substituents is 1. The molecule has 0 aromatic heterocycles. The van der Waals surface area contributed by atoms with Crippen molar-refractivity contribution in [3.05, 3.63) is 34.1 Å². The zero-order valence-corrected chi connectivity index (χ0v) is 7.62. The molecule has 0 fully saturated rings. The minimum absolute atomic E-state index is 0.265. The fourth-order valence-electron chi connectivity index (χ4n) is 0.838. The van der Waals surface area contributed by atoms with E-state index in [-0.39, 0.29) is 11.4 Å². The fraction of sp³-hybridized carbons (Fsp3) is 0. The number of hydrogen-bond acceptors (Lipinski definition) is 3. The van der Waals surface area contributed by atoms with Gasteiger partial charge in [-0.15, -0.1) is 0 Å². The lowest BCUT2D eigenvalue weighted by atomic mass is 10.2. The molecule has 0 aliphatic rings. The zero-order chi connectivity index (χ0) is 10.7. The van der Waals surface area contributed by atoms with Crippen molar-refractivity contribution >= 4 is 29.2 Å². The van der Waals surface area contributed by atoms with Crippen LogP contribution >= 0.6 is 12.6 Å². The molecule has 1 aromatic rings. The van der Waals surface area contributed by atoms with Crippen molar-refractivity contribution in [3.63, 3.8) is 0 Å². The number of nitro groups is 1. The largest absolute Gasteiger partial charge is 0.314 e. The van der Waals surface area contributed by atoms with Crippen molar-refractivity contribution in [2.45, 2.75) is 0 Å². The van der Waals surface area contributed by atoms with Crippen LogP contribution in [0, 0.1) is 15.9 Å². The van der Waals surface area contributed by atoms with E-state index in [0.717, 1.165) is 18.2 Å². The molecule has 1 aromatic carbocycles. The van der Waals surface area contributed by atoms with Gasteiger partial charge in [0.1, 0.15) is 5.82 Å². The predicted molar refractivity (Wildman–Crippen MR) is 51.1 cm³/mol. The molecule has 7 heteroatoms. The number of amides is 1. The number of thiol groups is 1. The highest BCUT2D eigenvalue weighted by Crippen LogP contribution is 2.21. The van der Waals surface area contributed by atoms with Crippen LogP contribution in [-0.2, 0) is 0 Å². The van der Waals surface area contributed by atoms with Gasteiger partial charge in [0.2, 0.25) is 0 Å². The minimum atomic E-state index is -0.788. The number of rotatable bonds is 2. The number of carbonyl (C=O) groups excluding carboxylic acids is 1. The number of anilines is 1. The quantitative estimate of drug-likeness (QED) is 0.452. The molecule has 1 amide bonds. The number of nitro benzene ring substituents is 1. The van der Waals surface area contributed by atoms with Crippen molar-refractivity contribution in [1.82, 2.24) is 0 Å². The maximum Gasteiger partial charge on any atom is 0.280 e. The van der Waals surface area contributed by atoms with Crippen molar-refractivity contribution in [2.24, 2.45) is 0 Å². The normalized spacial score (nSPS) is 9.57. The van der Waals surface area contributed by atoms with Gasteiger partial charge in [-0.05, 0) is 6.07 Å². The third-order valence-corrected chi connectivity index (χ3v) is 1.51. The van der Waals surface area contributed by atoms with Crippen LogP contribution < -0.4 is 5.32 Å². The molecule has 1 rings (SSSR count). The average Bonchev–Trinajstić information content (AvgIpc) is 2.07. The molecule has 0 saturated heterocycles. The summed E-state index contributed by atoms with van der Waals surface area (Å²) in [6.45, 7) is 0. The van der Waals surface area contributed by atoms with Gasteiger partial charge in [0, 0.05) is 12.1 Å². The molecular formula is C7H5FN2O3S. The first kappa shape index (κ1) is 10.5. The second kappa shape index (κ2) is 4.05. The SMILES string of the molecule is O=C(S)Nc1cc([N+](=O)[O-])ccc1F. The third kappa shape index (κ3) is 2.43. The maximum atomic E-state index is 12.9. The van der Waals surface area contributed by atoms with Crippen LogP contribution in [0.15, 0.2) is 18.2 Å². The van der Waals surface area contributed by atoms with Crippen LogP contribution in [0.4, 0.5) is 20.6 Å². The summed E-state index contributed by atoms with van der Waals surface area (Å²) < 4.78 is 12.9. The zero-order valence-electron chi connectivity index (χ0n) is 6.73. The number of hydrogen-bond donors (Lipinski definition) is 2. The third-order valence-electron chi connectivity index (χ3n) is 1.40. The minimum Gasteiger partial charge on any atom is -0.314 e. The summed E-state index contributed by atoms with van der Waals surface area (Å²) in [6.07, 6.45) is 0. The molecule has 0 aliphatic heterocycles. The molecule has 0 radical (unpaired) electrons. The Morgan fingerprint density at radius 3 is 2.71 bits per heavy atom. The van der Waals surface area contributed by atoms with Crippen LogP contribution in [-0.4, -0.2) is 10.2 Å². The smallest absolute Gasteiger partial charge is 0.280 e. The molecule has 0 unspecified atom stereocenters. The monoisotopic (exact) mass is 216 g/mol. The highest BCUT2D eigenvalue weighted by atomic mass is 32.1. The van der Waals surface area contributed by atoms with Gasteiger partial charge in [0.25, 0.3) is 10.9 Å². The highest BCUT2D eigenvalue weighted by Gasteiger charge is 2.11. The molecule has 14 heavy (non-hydrogen) atoms. The summed E-state index contributed by atoms with van der Waals surface area (Å²) in [7, 11) is 0. The fourth-order valence-corrected chi connectivity index (χ4v) is 0.958. The van der Waals surface area contributed by atoms with E-state index < -0.39 is 16.0 Å². The van der Waals surface area contributed by atoms with E-state index >= 15 is 0 Å². The van der Waals surface area contributed by atoms with E-state index in [1.54, 1.807) is 0 Å². The summed E-state index contributed by atoms with van der Waals surface area (Å²) in [5.74, 6) is -0.752. The predicted octanol–water partition coefficient (Wildman–Crippen LogP) is 2.20. The molecule has 0 aliphatic carbocycles. The van der Waals surface area contributed by atoms with Crippen LogP contribution in [0.1, 0.15) is 0 Å². The standard InChI is InChI=1S/C7H5FN2O3S/c8-5-2-1-4(10(12)13)3-6(5)9-7(11)14/h1-3H,(H2,9,11,14). The first-order valence-corrected chi connectivity index (χ1v) is 3.89. The summed E-state index contributed by atoms with van der Waals surface area (Å²) in [5, 5.41) is 11.5. The van der Waals surface area contributed by atoms with Gasteiger partial charge in [-0.3, -0.25) is 14.9 Å². The summed E-state index contributed by atoms with van der Waals surface area (Å²) >= 11 is 3.36. The number of nitrogens with one attached hydrogen (secondary N) is 1. The Kier molecular flexibility index (Phi) is 3.03. The number of nitrogens with zero attached hydrogens (tertiary/aromatic N) is 1. The number of carbonyl (C=O) groups is 1. The summed E-state index contributed by atoms with van der Waals surface area (Å²) in [5.41, 5.74) is -0.567. The van der Waals surface area contributed by atoms with Crippen LogP contribution in [0.3, 0.4) is 0 Å². The molecule has 0 saturated carbocycles. The van der Waals surface area contributed by atoms with E-state index in [2.05, 4.69) is 12.6 Å². The van der Waals surface area contributed by atoms with E-state index in [1.807, 2.05) is 5.32 Å². The van der Waals surface area contributed by atoms with E-state index in [4.69, 9.17) is 0 Å². The number of halogens is 1. The van der Waals surface area contributed by atoms with Crippen LogP contribution in [0.5, 0.6) is 0 Å². The second-order valence-corrected chi connectivity index (χ2v) is 2.76. The van der Waals surface area contributed by atoms with Crippen molar-refractivity contribution in [3.8, 4) is 0 Å². The van der Waals surface area contributed by atoms with Gasteiger partial charge in [0.05, 0.1) is 10.6 Å². The number of benzene rings is 1. The van der Waals surface area contributed by atoms with Crippen LogP contribution in [0.25, 0.3) is 0 Å². The molecule has 0 heterocycles. The molecule has 74 valence electrons. The Bertz CT molecular complexity index is 397. The first-order valence-electron chi connectivity index (χ1n) is 3.44. The van der Waals surface area contributed by atoms with Gasteiger partial charge >= 0.3 is 0 Å². The lowest BCUT2D eigenvalue weighted by Crippen LogP contribution is -2.03. The summed E-state index contributed by atoms with van der Waals surface area (Å²) in [6, 6.07) is 2.82. The average molecular weight is 216 g/mol. The van der Waals surface area contributed by atoms with E-state index in [9.17, 15) is 19.3 Å². The molecular weight excluding hydrogens is 211 g/mol. The lowest BCUT2D eigenvalue weighted by molar-refractivity contribution is -0.384. The van der Waals surface area contributed by atoms with Crippen molar-refractivity contribution in [2.75, 3.05) is 5.32 Å². The first-order chi connectivity index (χ1) is 6.50. The van der Waals surface area contributed by atoms with E-state index in [1.165, 1.54) is 0 Å². The van der Waals surface area contributed by atoms with Gasteiger partial charge < -0.3 is 5.32 Å². The Morgan fingerprint density at radius 1 is 1.57 bits per heavy atom. The van der Waals surface area contributed by atoms with Gasteiger partial charge in [-0.1, -0.05) is 12.6 Å². The molecule has 0 bridgehead atoms. The Labute approximate surface area is 83.5 Å². The van der Waals surface area contributed by atoms with Gasteiger partial charge in [-0.25, -0.2) is 4.39 Å².